The Kier molecular flexibility index (Phi) is 7.37. The van der Waals surface area contributed by atoms with Crippen molar-refractivity contribution in [2.24, 2.45) is 11.1 Å². The first-order valence-electron chi connectivity index (χ1n) is 7.23. The zero-order valence-electron chi connectivity index (χ0n) is 12.2. The fourth-order valence-corrected chi connectivity index (χ4v) is 3.31. The summed E-state index contributed by atoms with van der Waals surface area (Å²) >= 11 is 1.66. The van der Waals surface area contributed by atoms with Gasteiger partial charge in [0.2, 0.25) is 5.91 Å². The number of thioether (sulfide) groups is 1. The molecule has 0 spiro atoms. The Balaban J connectivity index is 2.49. The third-order valence-electron chi connectivity index (χ3n) is 4.05. The maximum atomic E-state index is 11.9. The highest BCUT2D eigenvalue weighted by Gasteiger charge is 2.35. The second kappa shape index (κ2) is 8.52. The summed E-state index contributed by atoms with van der Waals surface area (Å²) in [7, 11) is 0. The summed E-state index contributed by atoms with van der Waals surface area (Å²) in [4.78, 5) is 23.0. The number of carbonyl (C=O) groups excluding carboxylic acids is 1. The number of hydrogen-bond donors (Lipinski definition) is 3. The van der Waals surface area contributed by atoms with Gasteiger partial charge >= 0.3 is 5.97 Å². The molecule has 0 aromatic carbocycles. The number of aliphatic carboxylic acids is 1. The Morgan fingerprint density at radius 3 is 2.55 bits per heavy atom. The summed E-state index contributed by atoms with van der Waals surface area (Å²) in [5.74, 6) is -0.0864. The summed E-state index contributed by atoms with van der Waals surface area (Å²) in [5, 5.41) is 12.0. The molecule has 1 amide bonds. The molecule has 0 bridgehead atoms. The minimum absolute atomic E-state index is 0.132. The first-order chi connectivity index (χ1) is 9.49. The quantitative estimate of drug-likeness (QED) is 0.633. The van der Waals surface area contributed by atoms with Crippen LogP contribution in [0.25, 0.3) is 0 Å². The predicted molar refractivity (Wildman–Crippen MR) is 81.8 cm³/mol. The van der Waals surface area contributed by atoms with E-state index in [1.165, 1.54) is 0 Å². The Bertz CT molecular complexity index is 330. The number of amides is 1. The van der Waals surface area contributed by atoms with Crippen LogP contribution in [-0.4, -0.2) is 41.6 Å². The SMILES string of the molecule is CSCC[C@@H](N)C(=O)NCC1(CC(=O)O)CCCCC1. The van der Waals surface area contributed by atoms with Gasteiger partial charge in [-0.2, -0.15) is 11.8 Å². The molecule has 5 nitrogen and oxygen atoms in total. The van der Waals surface area contributed by atoms with Crippen LogP contribution in [0.2, 0.25) is 0 Å². The molecule has 1 saturated carbocycles. The van der Waals surface area contributed by atoms with Crippen molar-refractivity contribution in [3.05, 3.63) is 0 Å². The van der Waals surface area contributed by atoms with Crippen molar-refractivity contribution in [1.29, 1.82) is 0 Å². The molecule has 0 saturated heterocycles. The van der Waals surface area contributed by atoms with Gasteiger partial charge in [0.1, 0.15) is 0 Å². The van der Waals surface area contributed by atoms with Crippen LogP contribution in [0.5, 0.6) is 0 Å². The van der Waals surface area contributed by atoms with Gasteiger partial charge in [0.25, 0.3) is 0 Å². The first-order valence-corrected chi connectivity index (χ1v) is 8.62. The highest BCUT2D eigenvalue weighted by molar-refractivity contribution is 7.98. The molecule has 1 aliphatic rings. The average Bonchev–Trinajstić information content (AvgIpc) is 2.42. The van der Waals surface area contributed by atoms with Gasteiger partial charge in [0.05, 0.1) is 12.5 Å². The maximum absolute atomic E-state index is 11.9. The van der Waals surface area contributed by atoms with Crippen LogP contribution in [0.3, 0.4) is 0 Å². The molecule has 0 radical (unpaired) electrons. The normalized spacial score (nSPS) is 19.3. The van der Waals surface area contributed by atoms with E-state index in [4.69, 9.17) is 10.8 Å². The molecule has 6 heteroatoms. The summed E-state index contributed by atoms with van der Waals surface area (Å²) in [6.45, 7) is 0.436. The molecule has 0 heterocycles. The topological polar surface area (TPSA) is 92.4 Å². The summed E-state index contributed by atoms with van der Waals surface area (Å²) in [6, 6.07) is -0.493. The van der Waals surface area contributed by atoms with Crippen LogP contribution >= 0.6 is 11.8 Å². The molecule has 116 valence electrons. The van der Waals surface area contributed by atoms with Crippen LogP contribution in [0.1, 0.15) is 44.9 Å². The zero-order valence-corrected chi connectivity index (χ0v) is 13.0. The van der Waals surface area contributed by atoms with Gasteiger partial charge in [-0.25, -0.2) is 0 Å². The van der Waals surface area contributed by atoms with E-state index in [0.29, 0.717) is 13.0 Å². The standard InChI is InChI=1S/C14H26N2O3S/c1-20-8-5-11(15)13(19)16-10-14(9-12(17)18)6-3-2-4-7-14/h11H,2-10,15H2,1H3,(H,16,19)(H,17,18)/t11-/m1/s1. The van der Waals surface area contributed by atoms with Crippen LogP contribution in [0, 0.1) is 5.41 Å². The third kappa shape index (κ3) is 5.71. The Hall–Kier alpha value is -0.750. The molecule has 0 aromatic heterocycles. The van der Waals surface area contributed by atoms with E-state index < -0.39 is 12.0 Å². The predicted octanol–water partition coefficient (Wildman–Crippen LogP) is 1.61. The van der Waals surface area contributed by atoms with Crippen LogP contribution in [0.15, 0.2) is 0 Å². The number of carboxylic acids is 1. The molecular weight excluding hydrogens is 276 g/mol. The number of hydrogen-bond acceptors (Lipinski definition) is 4. The number of carbonyl (C=O) groups is 2. The second-order valence-electron chi connectivity index (χ2n) is 5.74. The number of nitrogens with one attached hydrogen (secondary N) is 1. The van der Waals surface area contributed by atoms with Crippen molar-refractivity contribution in [3.8, 4) is 0 Å². The van der Waals surface area contributed by atoms with Gasteiger partial charge in [0, 0.05) is 6.54 Å². The summed E-state index contributed by atoms with van der Waals surface area (Å²) < 4.78 is 0. The lowest BCUT2D eigenvalue weighted by atomic mass is 9.71. The van der Waals surface area contributed by atoms with Crippen LogP contribution < -0.4 is 11.1 Å². The average molecular weight is 302 g/mol. The highest BCUT2D eigenvalue weighted by atomic mass is 32.2. The van der Waals surface area contributed by atoms with E-state index in [2.05, 4.69) is 5.32 Å². The lowest BCUT2D eigenvalue weighted by molar-refractivity contribution is -0.140. The molecule has 1 atom stereocenters. The Labute approximate surface area is 125 Å². The van der Waals surface area contributed by atoms with Gasteiger partial charge in [-0.1, -0.05) is 19.3 Å². The molecular formula is C14H26N2O3S. The maximum Gasteiger partial charge on any atom is 0.303 e. The van der Waals surface area contributed by atoms with Gasteiger partial charge in [-0.15, -0.1) is 0 Å². The van der Waals surface area contributed by atoms with Crippen molar-refractivity contribution in [2.75, 3.05) is 18.6 Å². The van der Waals surface area contributed by atoms with Crippen molar-refractivity contribution < 1.29 is 14.7 Å². The minimum Gasteiger partial charge on any atom is -0.481 e. The van der Waals surface area contributed by atoms with Crippen molar-refractivity contribution in [1.82, 2.24) is 5.32 Å². The fourth-order valence-electron chi connectivity index (χ4n) is 2.82. The molecule has 0 aromatic rings. The minimum atomic E-state index is -0.784. The van der Waals surface area contributed by atoms with E-state index in [-0.39, 0.29) is 17.7 Å². The van der Waals surface area contributed by atoms with Crippen molar-refractivity contribution in [3.63, 3.8) is 0 Å². The summed E-state index contributed by atoms with van der Waals surface area (Å²) in [6.07, 6.45) is 7.76. The monoisotopic (exact) mass is 302 g/mol. The van der Waals surface area contributed by atoms with Crippen molar-refractivity contribution >= 4 is 23.6 Å². The molecule has 0 unspecified atom stereocenters. The number of carboxylic acid groups (broad SMARTS) is 1. The molecule has 20 heavy (non-hydrogen) atoms. The summed E-state index contributed by atoms with van der Waals surface area (Å²) in [5.41, 5.74) is 5.54. The van der Waals surface area contributed by atoms with Gasteiger partial charge < -0.3 is 16.2 Å². The van der Waals surface area contributed by atoms with E-state index in [1.807, 2.05) is 6.26 Å². The number of nitrogens with two attached hydrogens (primary N) is 1. The molecule has 1 aliphatic carbocycles. The Morgan fingerprint density at radius 1 is 1.35 bits per heavy atom. The molecule has 1 fully saturated rings. The lowest BCUT2D eigenvalue weighted by Gasteiger charge is -2.36. The van der Waals surface area contributed by atoms with Gasteiger partial charge in [0.15, 0.2) is 0 Å². The van der Waals surface area contributed by atoms with Gasteiger partial charge in [-0.05, 0) is 36.7 Å². The van der Waals surface area contributed by atoms with Crippen molar-refractivity contribution in [2.45, 2.75) is 51.0 Å². The van der Waals surface area contributed by atoms with E-state index in [0.717, 1.165) is 37.9 Å². The van der Waals surface area contributed by atoms with Crippen LogP contribution in [-0.2, 0) is 9.59 Å². The second-order valence-corrected chi connectivity index (χ2v) is 6.72. The highest BCUT2D eigenvalue weighted by Crippen LogP contribution is 2.38. The molecule has 4 N–H and O–H groups in total. The molecule has 1 rings (SSSR count). The lowest BCUT2D eigenvalue weighted by Crippen LogP contribution is -2.46. The smallest absolute Gasteiger partial charge is 0.303 e. The van der Waals surface area contributed by atoms with Crippen LogP contribution in [0.4, 0.5) is 0 Å². The van der Waals surface area contributed by atoms with E-state index in [9.17, 15) is 9.59 Å². The van der Waals surface area contributed by atoms with Gasteiger partial charge in [-0.3, -0.25) is 9.59 Å². The van der Waals surface area contributed by atoms with E-state index in [1.54, 1.807) is 11.8 Å². The zero-order chi connectivity index (χ0) is 15.0. The largest absolute Gasteiger partial charge is 0.481 e. The number of rotatable bonds is 8. The first kappa shape index (κ1) is 17.3. The Morgan fingerprint density at radius 2 is 2.00 bits per heavy atom. The molecule has 0 aliphatic heterocycles. The third-order valence-corrected chi connectivity index (χ3v) is 4.69. The fraction of sp³-hybridized carbons (Fsp3) is 0.857. The van der Waals surface area contributed by atoms with E-state index >= 15 is 0 Å².